The molecule has 0 radical (unpaired) electrons. The Hall–Kier alpha value is -2.34. The molecule has 2 aromatic heterocycles. The molecule has 6 heteroatoms. The first kappa shape index (κ1) is 12.4. The Balaban J connectivity index is 1.77. The number of rotatable bonds is 2. The molecule has 1 aromatic carbocycles. The normalized spacial score (nSPS) is 12.9. The summed E-state index contributed by atoms with van der Waals surface area (Å²) in [6.45, 7) is 4.48. The van der Waals surface area contributed by atoms with Gasteiger partial charge in [0, 0.05) is 16.6 Å². The molecule has 1 aliphatic rings. The highest BCUT2D eigenvalue weighted by Crippen LogP contribution is 2.37. The maximum Gasteiger partial charge on any atom is 0.231 e. The SMILES string of the molecule is Cc1sc2ncnc(Nc3ccc4c(c3)OCO4)c2c1C. The molecule has 0 aliphatic carbocycles. The molecule has 5 nitrogen and oxygen atoms in total. The van der Waals surface area contributed by atoms with Gasteiger partial charge in [0.2, 0.25) is 6.79 Å². The van der Waals surface area contributed by atoms with Gasteiger partial charge in [0.25, 0.3) is 0 Å². The second-order valence-electron chi connectivity index (χ2n) is 4.88. The Morgan fingerprint density at radius 3 is 2.90 bits per heavy atom. The van der Waals surface area contributed by atoms with Crippen LogP contribution in [0.25, 0.3) is 10.2 Å². The monoisotopic (exact) mass is 299 g/mol. The Morgan fingerprint density at radius 2 is 2.00 bits per heavy atom. The van der Waals surface area contributed by atoms with Crippen molar-refractivity contribution in [2.24, 2.45) is 0 Å². The Bertz CT molecular complexity index is 844. The molecule has 0 spiro atoms. The van der Waals surface area contributed by atoms with Crippen molar-refractivity contribution in [2.75, 3.05) is 12.1 Å². The summed E-state index contributed by atoms with van der Waals surface area (Å²) in [5.41, 5.74) is 2.14. The summed E-state index contributed by atoms with van der Waals surface area (Å²) in [5.74, 6) is 2.35. The fourth-order valence-corrected chi connectivity index (χ4v) is 3.39. The van der Waals surface area contributed by atoms with Gasteiger partial charge in [0.1, 0.15) is 17.0 Å². The Kier molecular flexibility index (Phi) is 2.71. The van der Waals surface area contributed by atoms with Gasteiger partial charge in [-0.25, -0.2) is 9.97 Å². The number of benzene rings is 1. The first-order chi connectivity index (χ1) is 10.2. The number of aryl methyl sites for hydroxylation is 2. The van der Waals surface area contributed by atoms with Crippen LogP contribution in [0.5, 0.6) is 11.5 Å². The molecule has 1 aliphatic heterocycles. The highest BCUT2D eigenvalue weighted by atomic mass is 32.1. The third-order valence-electron chi connectivity index (χ3n) is 3.60. The van der Waals surface area contributed by atoms with E-state index in [-0.39, 0.29) is 6.79 Å². The third kappa shape index (κ3) is 1.99. The average molecular weight is 299 g/mol. The smallest absolute Gasteiger partial charge is 0.231 e. The van der Waals surface area contributed by atoms with E-state index in [1.807, 2.05) is 18.2 Å². The van der Waals surface area contributed by atoms with Gasteiger partial charge in [-0.15, -0.1) is 11.3 Å². The van der Waals surface area contributed by atoms with E-state index in [0.29, 0.717) is 0 Å². The fraction of sp³-hybridized carbons (Fsp3) is 0.200. The number of nitrogens with one attached hydrogen (secondary N) is 1. The second-order valence-corrected chi connectivity index (χ2v) is 6.08. The van der Waals surface area contributed by atoms with E-state index in [0.717, 1.165) is 33.2 Å². The molecule has 106 valence electrons. The molecular weight excluding hydrogens is 286 g/mol. The van der Waals surface area contributed by atoms with Crippen LogP contribution in [0.3, 0.4) is 0 Å². The van der Waals surface area contributed by atoms with Gasteiger partial charge >= 0.3 is 0 Å². The molecule has 0 amide bonds. The van der Waals surface area contributed by atoms with Gasteiger partial charge in [0.15, 0.2) is 11.5 Å². The highest BCUT2D eigenvalue weighted by molar-refractivity contribution is 7.18. The summed E-state index contributed by atoms with van der Waals surface area (Å²) in [7, 11) is 0. The number of nitrogens with zero attached hydrogens (tertiary/aromatic N) is 2. The van der Waals surface area contributed by atoms with Crippen molar-refractivity contribution >= 4 is 33.1 Å². The summed E-state index contributed by atoms with van der Waals surface area (Å²) in [5, 5.41) is 4.43. The van der Waals surface area contributed by atoms with Crippen molar-refractivity contribution < 1.29 is 9.47 Å². The number of fused-ring (bicyclic) bond motifs is 2. The predicted molar refractivity (Wildman–Crippen MR) is 82.7 cm³/mol. The van der Waals surface area contributed by atoms with E-state index in [4.69, 9.17) is 9.47 Å². The standard InChI is InChI=1S/C15H13N3O2S/c1-8-9(2)21-15-13(8)14(16-6-17-15)18-10-3-4-11-12(5-10)20-7-19-11/h3-6H,7H2,1-2H3,(H,16,17,18). The van der Waals surface area contributed by atoms with Crippen molar-refractivity contribution in [2.45, 2.75) is 13.8 Å². The van der Waals surface area contributed by atoms with Crippen LogP contribution in [-0.4, -0.2) is 16.8 Å². The minimum absolute atomic E-state index is 0.277. The number of thiophene rings is 1. The van der Waals surface area contributed by atoms with Crippen LogP contribution in [0, 0.1) is 13.8 Å². The quantitative estimate of drug-likeness (QED) is 0.780. The molecule has 0 bridgehead atoms. The first-order valence-corrected chi connectivity index (χ1v) is 7.41. The van der Waals surface area contributed by atoms with Gasteiger partial charge < -0.3 is 14.8 Å². The van der Waals surface area contributed by atoms with Gasteiger partial charge in [-0.1, -0.05) is 0 Å². The maximum atomic E-state index is 5.40. The zero-order valence-electron chi connectivity index (χ0n) is 11.6. The number of anilines is 2. The van der Waals surface area contributed by atoms with E-state index in [1.54, 1.807) is 17.7 Å². The minimum atomic E-state index is 0.277. The summed E-state index contributed by atoms with van der Waals surface area (Å²) in [6.07, 6.45) is 1.59. The van der Waals surface area contributed by atoms with Crippen LogP contribution in [0.15, 0.2) is 24.5 Å². The van der Waals surface area contributed by atoms with E-state index < -0.39 is 0 Å². The molecule has 1 N–H and O–H groups in total. The van der Waals surface area contributed by atoms with Crippen molar-refractivity contribution in [1.82, 2.24) is 9.97 Å². The molecule has 0 saturated heterocycles. The molecule has 4 rings (SSSR count). The topological polar surface area (TPSA) is 56.3 Å². The van der Waals surface area contributed by atoms with Crippen molar-refractivity contribution in [3.8, 4) is 11.5 Å². The zero-order chi connectivity index (χ0) is 14.4. The molecule has 3 heterocycles. The number of hydrogen-bond donors (Lipinski definition) is 1. The van der Waals surface area contributed by atoms with E-state index in [9.17, 15) is 0 Å². The van der Waals surface area contributed by atoms with Crippen molar-refractivity contribution in [3.63, 3.8) is 0 Å². The summed E-state index contributed by atoms with van der Waals surface area (Å²) in [4.78, 5) is 11.0. The van der Waals surface area contributed by atoms with Crippen LogP contribution in [-0.2, 0) is 0 Å². The summed E-state index contributed by atoms with van der Waals surface area (Å²) in [6, 6.07) is 5.77. The second kappa shape index (κ2) is 4.60. The van der Waals surface area contributed by atoms with E-state index in [1.165, 1.54) is 10.4 Å². The molecular formula is C15H13N3O2S. The first-order valence-electron chi connectivity index (χ1n) is 6.60. The van der Waals surface area contributed by atoms with Gasteiger partial charge in [-0.05, 0) is 31.5 Å². The predicted octanol–water partition coefficient (Wildman–Crippen LogP) is 3.78. The van der Waals surface area contributed by atoms with Gasteiger partial charge in [-0.3, -0.25) is 0 Å². The average Bonchev–Trinajstić information content (AvgIpc) is 3.04. The maximum absolute atomic E-state index is 5.40. The third-order valence-corrected chi connectivity index (χ3v) is 4.72. The lowest BCUT2D eigenvalue weighted by Gasteiger charge is -2.08. The number of ether oxygens (including phenoxy) is 2. The molecule has 21 heavy (non-hydrogen) atoms. The number of hydrogen-bond acceptors (Lipinski definition) is 6. The lowest BCUT2D eigenvalue weighted by Crippen LogP contribution is -1.95. The Labute approximate surface area is 125 Å². The van der Waals surface area contributed by atoms with Crippen LogP contribution in [0.2, 0.25) is 0 Å². The zero-order valence-corrected chi connectivity index (χ0v) is 12.5. The summed E-state index contributed by atoms with van der Waals surface area (Å²) < 4.78 is 10.7. The molecule has 0 unspecified atom stereocenters. The van der Waals surface area contributed by atoms with Crippen LogP contribution < -0.4 is 14.8 Å². The van der Waals surface area contributed by atoms with Gasteiger partial charge in [0.05, 0.1) is 5.39 Å². The minimum Gasteiger partial charge on any atom is -0.454 e. The molecule has 0 fully saturated rings. The van der Waals surface area contributed by atoms with Crippen molar-refractivity contribution in [1.29, 1.82) is 0 Å². The van der Waals surface area contributed by atoms with E-state index in [2.05, 4.69) is 29.1 Å². The van der Waals surface area contributed by atoms with Crippen LogP contribution in [0.1, 0.15) is 10.4 Å². The molecule has 3 aromatic rings. The molecule has 0 saturated carbocycles. The summed E-state index contributed by atoms with van der Waals surface area (Å²) >= 11 is 1.69. The Morgan fingerprint density at radius 1 is 1.14 bits per heavy atom. The lowest BCUT2D eigenvalue weighted by molar-refractivity contribution is 0.174. The van der Waals surface area contributed by atoms with Gasteiger partial charge in [-0.2, -0.15) is 0 Å². The van der Waals surface area contributed by atoms with Crippen LogP contribution >= 0.6 is 11.3 Å². The van der Waals surface area contributed by atoms with E-state index >= 15 is 0 Å². The number of aromatic nitrogens is 2. The van der Waals surface area contributed by atoms with Crippen LogP contribution in [0.4, 0.5) is 11.5 Å². The highest BCUT2D eigenvalue weighted by Gasteiger charge is 2.15. The molecule has 0 atom stereocenters. The largest absolute Gasteiger partial charge is 0.454 e. The fourth-order valence-electron chi connectivity index (χ4n) is 2.39. The lowest BCUT2D eigenvalue weighted by atomic mass is 10.2. The van der Waals surface area contributed by atoms with Crippen molar-refractivity contribution in [3.05, 3.63) is 35.0 Å².